The van der Waals surface area contributed by atoms with Crippen LogP contribution in [0.4, 0.5) is 0 Å². The van der Waals surface area contributed by atoms with Crippen molar-refractivity contribution in [1.29, 1.82) is 0 Å². The summed E-state index contributed by atoms with van der Waals surface area (Å²) in [5.41, 5.74) is -1.27. The van der Waals surface area contributed by atoms with Crippen molar-refractivity contribution in [2.24, 2.45) is 0 Å². The Labute approximate surface area is 163 Å². The van der Waals surface area contributed by atoms with Crippen LogP contribution in [-0.2, 0) is 23.1 Å². The average Bonchev–Trinajstić information content (AvgIpc) is 2.85. The summed E-state index contributed by atoms with van der Waals surface area (Å²) in [5.74, 6) is -0.457. The van der Waals surface area contributed by atoms with E-state index in [0.29, 0.717) is 6.42 Å². The van der Waals surface area contributed by atoms with E-state index in [1.807, 2.05) is 0 Å². The fourth-order valence-corrected chi connectivity index (χ4v) is 4.05. The third-order valence-electron chi connectivity index (χ3n) is 4.11. The lowest BCUT2D eigenvalue weighted by atomic mass is 9.93. The van der Waals surface area contributed by atoms with Crippen molar-refractivity contribution in [2.75, 3.05) is 6.61 Å². The number of cyclic esters (lactones) is 1. The minimum Gasteiger partial charge on any atom is -0.455 e. The van der Waals surface area contributed by atoms with Crippen LogP contribution in [0.25, 0.3) is 0 Å². The van der Waals surface area contributed by atoms with Gasteiger partial charge in [-0.2, -0.15) is 0 Å². The number of phosphoric acid groups is 1. The maximum Gasteiger partial charge on any atom is 0.473 e. The smallest absolute Gasteiger partial charge is 0.455 e. The van der Waals surface area contributed by atoms with Crippen molar-refractivity contribution in [2.45, 2.75) is 43.7 Å². The first-order chi connectivity index (χ1) is 13.2. The lowest BCUT2D eigenvalue weighted by Crippen LogP contribution is -2.37. The topological polar surface area (TPSA) is 123 Å². The molecule has 0 aliphatic carbocycles. The second kappa shape index (κ2) is 10.1. The molecular weight excluding hydrogens is 387 g/mol. The summed E-state index contributed by atoms with van der Waals surface area (Å²) in [4.78, 5) is 21.0. The van der Waals surface area contributed by atoms with Gasteiger partial charge in [0.2, 0.25) is 0 Å². The predicted molar refractivity (Wildman–Crippen MR) is 102 cm³/mol. The van der Waals surface area contributed by atoms with Crippen LogP contribution in [-0.4, -0.2) is 51.6 Å². The molecule has 0 saturated carbocycles. The highest BCUT2D eigenvalue weighted by Gasteiger charge is 2.51. The summed E-state index contributed by atoms with van der Waals surface area (Å²) < 4.78 is 27.4. The van der Waals surface area contributed by atoms with Gasteiger partial charge in [-0.1, -0.05) is 48.6 Å². The molecule has 5 atom stereocenters. The van der Waals surface area contributed by atoms with Gasteiger partial charge in [-0.05, 0) is 13.0 Å². The van der Waals surface area contributed by atoms with E-state index in [1.54, 1.807) is 49.5 Å². The molecule has 1 unspecified atom stereocenters. The largest absolute Gasteiger partial charge is 0.473 e. The first kappa shape index (κ1) is 22.5. The number of esters is 1. The van der Waals surface area contributed by atoms with Gasteiger partial charge in [-0.25, -0.2) is 9.36 Å². The maximum absolute atomic E-state index is 11.9. The molecule has 1 saturated heterocycles. The quantitative estimate of drug-likeness (QED) is 0.240. The lowest BCUT2D eigenvalue weighted by Gasteiger charge is -2.25. The average molecular weight is 412 g/mol. The molecule has 3 N–H and O–H groups in total. The highest BCUT2D eigenvalue weighted by Crippen LogP contribution is 2.58. The number of rotatable bonds is 8. The molecule has 2 aliphatic rings. The minimum atomic E-state index is -4.26. The third-order valence-corrected chi connectivity index (χ3v) is 5.25. The van der Waals surface area contributed by atoms with Crippen molar-refractivity contribution in [1.82, 2.24) is 0 Å². The van der Waals surface area contributed by atoms with E-state index in [0.717, 1.165) is 0 Å². The van der Waals surface area contributed by atoms with Crippen LogP contribution in [0.15, 0.2) is 60.8 Å². The number of aliphatic hydroxyl groups is 2. The Morgan fingerprint density at radius 1 is 1.36 bits per heavy atom. The molecule has 28 heavy (non-hydrogen) atoms. The molecule has 0 radical (unpaired) electrons. The van der Waals surface area contributed by atoms with Crippen LogP contribution in [0.5, 0.6) is 0 Å². The summed E-state index contributed by atoms with van der Waals surface area (Å²) in [6.45, 7) is 1.51. The van der Waals surface area contributed by atoms with E-state index in [4.69, 9.17) is 18.9 Å². The van der Waals surface area contributed by atoms with Crippen molar-refractivity contribution >= 4 is 13.8 Å². The molecule has 154 valence electrons. The van der Waals surface area contributed by atoms with Crippen molar-refractivity contribution in [3.05, 3.63) is 60.8 Å². The van der Waals surface area contributed by atoms with Gasteiger partial charge in [0, 0.05) is 18.9 Å². The molecule has 0 aromatic carbocycles. The molecule has 0 bridgehead atoms. The van der Waals surface area contributed by atoms with Gasteiger partial charge in [-0.15, -0.1) is 0 Å². The van der Waals surface area contributed by atoms with Crippen LogP contribution < -0.4 is 0 Å². The highest BCUT2D eigenvalue weighted by atomic mass is 31.2. The molecule has 0 spiro atoms. The van der Waals surface area contributed by atoms with E-state index < -0.39 is 37.7 Å². The number of aliphatic hydroxyl groups excluding tert-OH is 2. The third kappa shape index (κ3) is 6.98. The van der Waals surface area contributed by atoms with Crippen LogP contribution in [0.1, 0.15) is 19.8 Å². The lowest BCUT2D eigenvalue weighted by molar-refractivity contribution is -0.141. The molecule has 2 heterocycles. The first-order valence-corrected chi connectivity index (χ1v) is 10.3. The minimum absolute atomic E-state index is 0.0204. The molecule has 8 nitrogen and oxygen atoms in total. The van der Waals surface area contributed by atoms with E-state index in [-0.39, 0.29) is 13.0 Å². The van der Waals surface area contributed by atoms with E-state index in [2.05, 4.69) is 0 Å². The summed E-state index contributed by atoms with van der Waals surface area (Å²) in [5, 5.41) is 18.8. The van der Waals surface area contributed by atoms with Crippen LogP contribution in [0.3, 0.4) is 0 Å². The Hall–Kier alpha value is -1.80. The van der Waals surface area contributed by atoms with Gasteiger partial charge in [0.1, 0.15) is 17.8 Å². The highest BCUT2D eigenvalue weighted by molar-refractivity contribution is 7.47. The summed E-state index contributed by atoms with van der Waals surface area (Å²) >= 11 is 0. The SMILES string of the molecule is C[C@]1(/C=C/[C@H]2CC=CC(=O)O2)OP(=O)(O)O[C@@H]1C[C@@H](O)\C=C/C=C\C=C\CO. The second-order valence-electron chi connectivity index (χ2n) is 6.49. The molecular formula is C19H25O8P. The Morgan fingerprint density at radius 3 is 2.82 bits per heavy atom. The van der Waals surface area contributed by atoms with Gasteiger partial charge in [0.15, 0.2) is 0 Å². The number of hydrogen-bond donors (Lipinski definition) is 3. The standard InChI is InChI=1S/C19H25O8P/c1-19(12-11-16-9-7-10-18(22)25-16)17(26-28(23,24)27-19)14-15(21)8-5-3-2-4-6-13-20/h2-8,10-12,15-17,20-21H,9,13-14H2,1H3,(H,23,24)/b3-2-,6-4+,8-5-,12-11+/t15-,16+,17+,19+/m0/s1. The number of carbonyl (C=O) groups excluding carboxylic acids is 1. The predicted octanol–water partition coefficient (Wildman–Crippen LogP) is 2.10. The fraction of sp³-hybridized carbons (Fsp3) is 0.421. The molecule has 2 aliphatic heterocycles. The molecule has 0 amide bonds. The first-order valence-electron chi connectivity index (χ1n) is 8.81. The molecule has 9 heteroatoms. The monoisotopic (exact) mass is 412 g/mol. The van der Waals surface area contributed by atoms with Crippen molar-refractivity contribution < 1.29 is 38.3 Å². The van der Waals surface area contributed by atoms with Crippen LogP contribution >= 0.6 is 7.82 Å². The Balaban J connectivity index is 2.02. The van der Waals surface area contributed by atoms with Gasteiger partial charge in [-0.3, -0.25) is 9.05 Å². The van der Waals surface area contributed by atoms with Gasteiger partial charge in [0.25, 0.3) is 0 Å². The van der Waals surface area contributed by atoms with Gasteiger partial charge < -0.3 is 19.8 Å². The number of phosphoric ester groups is 1. The zero-order valence-electron chi connectivity index (χ0n) is 15.5. The molecule has 0 aromatic heterocycles. The Morgan fingerprint density at radius 2 is 2.11 bits per heavy atom. The summed E-state index contributed by atoms with van der Waals surface area (Å²) in [6.07, 6.45) is 14.0. The molecule has 2 rings (SSSR count). The Kier molecular flexibility index (Phi) is 8.12. The summed E-state index contributed by atoms with van der Waals surface area (Å²) in [7, 11) is -4.26. The van der Waals surface area contributed by atoms with E-state index in [9.17, 15) is 19.4 Å². The maximum atomic E-state index is 11.9. The zero-order valence-corrected chi connectivity index (χ0v) is 16.4. The Bertz CT molecular complexity index is 738. The molecule has 1 fully saturated rings. The van der Waals surface area contributed by atoms with E-state index >= 15 is 0 Å². The number of hydrogen-bond acceptors (Lipinski definition) is 7. The fourth-order valence-electron chi connectivity index (χ4n) is 2.72. The van der Waals surface area contributed by atoms with E-state index in [1.165, 1.54) is 18.2 Å². The van der Waals surface area contributed by atoms with Crippen molar-refractivity contribution in [3.8, 4) is 0 Å². The number of allylic oxidation sites excluding steroid dienone is 4. The van der Waals surface area contributed by atoms with Crippen LogP contribution in [0, 0.1) is 0 Å². The van der Waals surface area contributed by atoms with Crippen molar-refractivity contribution in [3.63, 3.8) is 0 Å². The zero-order chi connectivity index (χ0) is 20.6. The van der Waals surface area contributed by atoms with Crippen LogP contribution in [0.2, 0.25) is 0 Å². The number of ether oxygens (including phenoxy) is 1. The normalized spacial score (nSPS) is 34.9. The van der Waals surface area contributed by atoms with Gasteiger partial charge in [0.05, 0.1) is 12.7 Å². The number of carbonyl (C=O) groups is 1. The summed E-state index contributed by atoms with van der Waals surface area (Å²) in [6, 6.07) is 0. The second-order valence-corrected chi connectivity index (χ2v) is 7.82. The van der Waals surface area contributed by atoms with Gasteiger partial charge >= 0.3 is 13.8 Å². The molecule has 0 aromatic rings.